The van der Waals surface area contributed by atoms with Gasteiger partial charge in [-0.15, -0.1) is 0 Å². The van der Waals surface area contributed by atoms with Crippen LogP contribution in [0.3, 0.4) is 0 Å². The van der Waals surface area contributed by atoms with E-state index in [1.54, 1.807) is 0 Å². The van der Waals surface area contributed by atoms with Crippen LogP contribution in [-0.4, -0.2) is 97.3 Å². The third-order valence-electron chi connectivity index (χ3n) is 3.74. The van der Waals surface area contributed by atoms with Gasteiger partial charge in [-0.05, 0) is 0 Å². The van der Waals surface area contributed by atoms with E-state index < -0.39 is 5.79 Å². The van der Waals surface area contributed by atoms with Crippen LogP contribution in [0.4, 0.5) is 0 Å². The average molecular weight is 334 g/mol. The molecule has 1 spiro atoms. The van der Waals surface area contributed by atoms with Crippen molar-refractivity contribution in [1.82, 2.24) is 0 Å². The highest BCUT2D eigenvalue weighted by Gasteiger charge is 2.44. The maximum absolute atomic E-state index is 6.05. The lowest BCUT2D eigenvalue weighted by molar-refractivity contribution is -0.376. The van der Waals surface area contributed by atoms with Crippen LogP contribution in [0.25, 0.3) is 0 Å². The maximum atomic E-state index is 6.05. The molecule has 8 heteroatoms. The van der Waals surface area contributed by atoms with E-state index in [9.17, 15) is 0 Å². The lowest BCUT2D eigenvalue weighted by Gasteiger charge is -2.44. The normalized spacial score (nSPS) is 38.6. The predicted molar refractivity (Wildman–Crippen MR) is 77.4 cm³/mol. The highest BCUT2D eigenvalue weighted by atomic mass is 16.8. The highest BCUT2D eigenvalue weighted by molar-refractivity contribution is 4.81. The molecule has 134 valence electrons. The summed E-state index contributed by atoms with van der Waals surface area (Å²) in [6, 6.07) is 0. The molecule has 0 radical (unpaired) electrons. The second-order valence-electron chi connectivity index (χ2n) is 5.80. The Morgan fingerprint density at radius 2 is 0.870 bits per heavy atom. The molecule has 3 rings (SSSR count). The monoisotopic (exact) mass is 334 g/mol. The Morgan fingerprint density at radius 1 is 0.478 bits per heavy atom. The molecule has 3 aliphatic rings. The fourth-order valence-electron chi connectivity index (χ4n) is 2.72. The summed E-state index contributed by atoms with van der Waals surface area (Å²) in [6.45, 7) is 5.73. The van der Waals surface area contributed by atoms with Gasteiger partial charge in [0, 0.05) is 0 Å². The van der Waals surface area contributed by atoms with E-state index in [1.165, 1.54) is 0 Å². The summed E-state index contributed by atoms with van der Waals surface area (Å²) in [5.41, 5.74) is 0. The molecule has 0 aliphatic carbocycles. The Balaban J connectivity index is 1.54. The van der Waals surface area contributed by atoms with Gasteiger partial charge < -0.3 is 37.9 Å². The van der Waals surface area contributed by atoms with Gasteiger partial charge in [-0.3, -0.25) is 0 Å². The average Bonchev–Trinajstić information content (AvgIpc) is 2.55. The minimum absolute atomic E-state index is 0.175. The van der Waals surface area contributed by atoms with Crippen molar-refractivity contribution in [3.63, 3.8) is 0 Å². The Kier molecular flexibility index (Phi) is 7.03. The van der Waals surface area contributed by atoms with Gasteiger partial charge in [-0.2, -0.15) is 0 Å². The predicted octanol–water partition coefficient (Wildman–Crippen LogP) is -0.406. The number of ether oxygens (including phenoxy) is 8. The van der Waals surface area contributed by atoms with Crippen LogP contribution in [-0.2, 0) is 37.9 Å². The van der Waals surface area contributed by atoms with E-state index in [0.29, 0.717) is 79.3 Å². The Labute approximate surface area is 136 Å². The van der Waals surface area contributed by atoms with Crippen molar-refractivity contribution in [1.29, 1.82) is 0 Å². The van der Waals surface area contributed by atoms with Crippen molar-refractivity contribution in [3.8, 4) is 0 Å². The van der Waals surface area contributed by atoms with Gasteiger partial charge in [0.1, 0.15) is 25.4 Å². The zero-order valence-electron chi connectivity index (χ0n) is 13.4. The molecule has 3 saturated heterocycles. The fourth-order valence-corrected chi connectivity index (χ4v) is 2.72. The minimum atomic E-state index is -0.862. The first-order valence-electron chi connectivity index (χ1n) is 8.18. The summed E-state index contributed by atoms with van der Waals surface area (Å²) in [5.74, 6) is -0.862. The van der Waals surface area contributed by atoms with Gasteiger partial charge in [0.15, 0.2) is 0 Å². The molecular formula is C15H26O8. The van der Waals surface area contributed by atoms with Crippen molar-refractivity contribution in [3.05, 3.63) is 0 Å². The van der Waals surface area contributed by atoms with E-state index >= 15 is 0 Å². The van der Waals surface area contributed by atoms with E-state index in [-0.39, 0.29) is 12.2 Å². The molecule has 0 amide bonds. The molecule has 0 N–H and O–H groups in total. The smallest absolute Gasteiger partial charge is 0.216 e. The van der Waals surface area contributed by atoms with Crippen molar-refractivity contribution >= 4 is 0 Å². The minimum Gasteiger partial charge on any atom is -0.377 e. The van der Waals surface area contributed by atoms with E-state index in [4.69, 9.17) is 37.9 Å². The molecule has 0 saturated carbocycles. The summed E-state index contributed by atoms with van der Waals surface area (Å²) in [6.07, 6.45) is -0.350. The molecule has 0 aromatic carbocycles. The molecule has 8 nitrogen and oxygen atoms in total. The van der Waals surface area contributed by atoms with Crippen molar-refractivity contribution in [2.75, 3.05) is 79.3 Å². The third kappa shape index (κ3) is 5.61. The van der Waals surface area contributed by atoms with Gasteiger partial charge in [0.25, 0.3) is 0 Å². The zero-order chi connectivity index (χ0) is 15.8. The van der Waals surface area contributed by atoms with Crippen LogP contribution in [0, 0.1) is 0 Å². The van der Waals surface area contributed by atoms with Gasteiger partial charge in [0.2, 0.25) is 5.79 Å². The summed E-state index contributed by atoms with van der Waals surface area (Å²) in [5, 5.41) is 0. The van der Waals surface area contributed by atoms with Crippen LogP contribution in [0.15, 0.2) is 0 Å². The molecule has 3 bridgehead atoms. The number of hydrogen-bond acceptors (Lipinski definition) is 8. The number of rotatable bonds is 0. The first-order chi connectivity index (χ1) is 11.4. The van der Waals surface area contributed by atoms with Gasteiger partial charge >= 0.3 is 0 Å². The second-order valence-corrected chi connectivity index (χ2v) is 5.80. The van der Waals surface area contributed by atoms with Crippen LogP contribution in [0.2, 0.25) is 0 Å². The van der Waals surface area contributed by atoms with Crippen molar-refractivity contribution in [2.24, 2.45) is 0 Å². The number of hydrogen-bond donors (Lipinski definition) is 0. The van der Waals surface area contributed by atoms with Crippen LogP contribution in [0.5, 0.6) is 0 Å². The Morgan fingerprint density at radius 3 is 1.35 bits per heavy atom. The topological polar surface area (TPSA) is 73.8 Å². The van der Waals surface area contributed by atoms with Gasteiger partial charge in [-0.1, -0.05) is 0 Å². The van der Waals surface area contributed by atoms with E-state index in [0.717, 1.165) is 0 Å². The second kappa shape index (κ2) is 9.24. The molecule has 0 aromatic heterocycles. The third-order valence-corrected chi connectivity index (χ3v) is 3.74. The van der Waals surface area contributed by atoms with Crippen LogP contribution < -0.4 is 0 Å². The van der Waals surface area contributed by atoms with Crippen molar-refractivity contribution < 1.29 is 37.9 Å². The SMILES string of the molecule is C1COCCOC[C@@H]2COCC3(COC[C@@H](COCCO1)O3)O2. The van der Waals surface area contributed by atoms with Gasteiger partial charge in [-0.25, -0.2) is 0 Å². The Bertz CT molecular complexity index is 307. The number of fused-ring (bicyclic) bond motifs is 2. The van der Waals surface area contributed by atoms with Crippen molar-refractivity contribution in [2.45, 2.75) is 18.0 Å². The molecule has 23 heavy (non-hydrogen) atoms. The largest absolute Gasteiger partial charge is 0.377 e. The first-order valence-corrected chi connectivity index (χ1v) is 8.18. The molecular weight excluding hydrogens is 308 g/mol. The molecule has 2 atom stereocenters. The quantitative estimate of drug-likeness (QED) is 0.592. The molecule has 3 fully saturated rings. The summed E-state index contributed by atoms with van der Waals surface area (Å²) in [4.78, 5) is 0. The summed E-state index contributed by atoms with van der Waals surface area (Å²) in [7, 11) is 0. The summed E-state index contributed by atoms with van der Waals surface area (Å²) < 4.78 is 45.4. The maximum Gasteiger partial charge on any atom is 0.216 e. The summed E-state index contributed by atoms with van der Waals surface area (Å²) >= 11 is 0. The molecule has 0 aromatic rings. The first kappa shape index (κ1) is 17.5. The molecule has 3 heterocycles. The standard InChI is InChI=1S/C15H26O8/c1-2-17-4-6-19-8-14-10-21-12-15(23-14)11-20-9-13(22-15)7-18-5-3-16-1/h13-14H,1-12H2/t13-,14-,15?/m1/s1. The van der Waals surface area contributed by atoms with E-state index in [1.807, 2.05) is 0 Å². The Hall–Kier alpha value is -0.320. The fraction of sp³-hybridized carbons (Fsp3) is 1.00. The van der Waals surface area contributed by atoms with Crippen LogP contribution in [0.1, 0.15) is 0 Å². The van der Waals surface area contributed by atoms with Gasteiger partial charge in [0.05, 0.1) is 66.1 Å². The van der Waals surface area contributed by atoms with E-state index in [2.05, 4.69) is 0 Å². The van der Waals surface area contributed by atoms with Crippen LogP contribution >= 0.6 is 0 Å². The zero-order valence-corrected chi connectivity index (χ0v) is 13.4. The lowest BCUT2D eigenvalue weighted by Crippen LogP contribution is -2.59. The highest BCUT2D eigenvalue weighted by Crippen LogP contribution is 2.27. The molecule has 0 unspecified atom stereocenters. The lowest BCUT2D eigenvalue weighted by atomic mass is 10.2. The molecule has 3 aliphatic heterocycles.